The van der Waals surface area contributed by atoms with Crippen molar-refractivity contribution in [2.45, 2.75) is 232 Å². The van der Waals surface area contributed by atoms with Gasteiger partial charge >= 0.3 is 0 Å². The van der Waals surface area contributed by atoms with Gasteiger partial charge in [0.15, 0.2) is 5.82 Å². The van der Waals surface area contributed by atoms with Crippen molar-refractivity contribution in [3.05, 3.63) is 276 Å². The van der Waals surface area contributed by atoms with Crippen LogP contribution >= 0.6 is 0 Å². The maximum atomic E-state index is 5.64. The van der Waals surface area contributed by atoms with E-state index in [1.54, 1.807) is 5.56 Å². The number of hydrogen-bond acceptors (Lipinski definition) is 4. The molecule has 0 radical (unpaired) electrons. The summed E-state index contributed by atoms with van der Waals surface area (Å²) in [4.78, 5) is 21.3. The first-order chi connectivity index (χ1) is 54.1. The number of pyridine rings is 2. The van der Waals surface area contributed by atoms with Crippen molar-refractivity contribution in [3.8, 4) is 112 Å². The molecule has 0 atom stereocenters. The number of nitrogens with zero attached hydrogens (tertiary/aromatic N) is 4. The molecule has 3 heterocycles. The summed E-state index contributed by atoms with van der Waals surface area (Å²) in [5, 5.41) is 2.21. The van der Waals surface area contributed by atoms with Gasteiger partial charge in [-0.3, -0.25) is 4.98 Å². The lowest BCUT2D eigenvalue weighted by molar-refractivity contribution is 0.398. The third-order valence-corrected chi connectivity index (χ3v) is 24.8. The van der Waals surface area contributed by atoms with E-state index in [0.717, 1.165) is 79.8 Å². The highest BCUT2D eigenvalue weighted by molar-refractivity contribution is 6.03. The summed E-state index contributed by atoms with van der Waals surface area (Å²) in [5.74, 6) is 0.721. The van der Waals surface area contributed by atoms with Crippen molar-refractivity contribution in [2.75, 3.05) is 0 Å². The Bertz CT molecular complexity index is 5260. The predicted molar refractivity (Wildman–Crippen MR) is 470 cm³/mol. The van der Waals surface area contributed by atoms with Crippen LogP contribution < -0.4 is 0 Å². The Hall–Kier alpha value is -9.90. The van der Waals surface area contributed by atoms with Crippen LogP contribution in [0.5, 0.6) is 0 Å². The van der Waals surface area contributed by atoms with Gasteiger partial charge in [-0.2, -0.15) is 0 Å². The Morgan fingerprint density at radius 2 is 0.618 bits per heavy atom. The molecule has 0 amide bonds. The zero-order valence-electron chi connectivity index (χ0n) is 66.7. The van der Waals surface area contributed by atoms with Crippen LogP contribution in [0.4, 0.5) is 0 Å². The summed E-state index contributed by atoms with van der Waals surface area (Å²) in [6.45, 7) is 13.8. The number of aryl methyl sites for hydroxylation is 2. The fraction of sp³-hybridized carbons (Fsp3) is 0.340. The fourth-order valence-electron chi connectivity index (χ4n) is 18.7. The van der Waals surface area contributed by atoms with Crippen LogP contribution in [0.15, 0.2) is 243 Å². The van der Waals surface area contributed by atoms with Crippen LogP contribution in [0, 0.1) is 13.8 Å². The molecule has 0 saturated heterocycles. The topological polar surface area (TPSA) is 51.6 Å². The quantitative estimate of drug-likeness (QED) is 0.0290. The molecule has 4 heteroatoms. The predicted octanol–water partition coefficient (Wildman–Crippen LogP) is 31.1. The number of fused-ring (bicyclic) bond motifs is 9. The molecule has 0 spiro atoms. The number of rotatable bonds is 36. The largest absolute Gasteiger partial charge is 0.254 e. The van der Waals surface area contributed by atoms with Gasteiger partial charge in [0, 0.05) is 50.1 Å². The van der Waals surface area contributed by atoms with E-state index in [4.69, 9.17) is 19.9 Å². The van der Waals surface area contributed by atoms with Crippen LogP contribution in [0.25, 0.3) is 134 Å². The molecule has 2 aliphatic rings. The lowest BCUT2D eigenvalue weighted by atomic mass is 9.69. The molecule has 0 saturated carbocycles. The minimum Gasteiger partial charge on any atom is -0.254 e. The van der Waals surface area contributed by atoms with E-state index in [2.05, 4.69) is 272 Å². The highest BCUT2D eigenvalue weighted by Gasteiger charge is 2.44. The standard InChI is InChI=1S/C106H114N4/c1-7-11-15-19-23-30-61-105(62-31-24-20-16-12-8-2)95-66-76(6)43-56-91(95)92-58-53-85(72-97(92)105)88-68-89(70-90(69-88)99-60-55-81-51-50-80-40-35-65-107-102(80)103(81)108-99)86-54-59-94-93-57-52-84(71-96(93)106(98(94)73-86,63-32-25-21-17-13-9-3)64-33-26-22-18-14-10-4)83-38-34-39-87(67-83)101-74-100(109-104(110-101)82-36-28-27-29-37-82)79-48-46-78(47-49-79)77-44-41-75(5)42-45-77/h27-29,34-60,65-74H,7-26,30-33,61-64H2,1-6H3. The lowest BCUT2D eigenvalue weighted by Gasteiger charge is -2.33. The van der Waals surface area contributed by atoms with E-state index in [0.29, 0.717) is 0 Å². The zero-order chi connectivity index (χ0) is 75.2. The van der Waals surface area contributed by atoms with Crippen molar-refractivity contribution in [3.63, 3.8) is 0 Å². The van der Waals surface area contributed by atoms with Crippen molar-refractivity contribution in [1.29, 1.82) is 0 Å². The third kappa shape index (κ3) is 16.5. The van der Waals surface area contributed by atoms with E-state index in [9.17, 15) is 0 Å². The molecule has 0 N–H and O–H groups in total. The van der Waals surface area contributed by atoms with Crippen LogP contribution in [0.3, 0.4) is 0 Å². The first-order valence-corrected chi connectivity index (χ1v) is 42.7. The number of benzene rings is 10. The maximum Gasteiger partial charge on any atom is 0.160 e. The molecule has 0 unspecified atom stereocenters. The third-order valence-electron chi connectivity index (χ3n) is 24.8. The van der Waals surface area contributed by atoms with E-state index < -0.39 is 0 Å². The van der Waals surface area contributed by atoms with Crippen molar-refractivity contribution in [1.82, 2.24) is 19.9 Å². The number of hydrogen-bond donors (Lipinski definition) is 0. The van der Waals surface area contributed by atoms with Crippen molar-refractivity contribution in [2.24, 2.45) is 0 Å². The zero-order valence-corrected chi connectivity index (χ0v) is 66.7. The molecule has 110 heavy (non-hydrogen) atoms. The van der Waals surface area contributed by atoms with E-state index in [-0.39, 0.29) is 10.8 Å². The molecule has 0 bridgehead atoms. The minimum atomic E-state index is -0.192. The number of aromatic nitrogens is 4. The van der Waals surface area contributed by atoms with Gasteiger partial charge in [-0.1, -0.05) is 369 Å². The van der Waals surface area contributed by atoms with Crippen LogP contribution in [-0.4, -0.2) is 19.9 Å². The molecule has 4 nitrogen and oxygen atoms in total. The summed E-state index contributed by atoms with van der Waals surface area (Å²) in [6, 6.07) is 90.3. The van der Waals surface area contributed by atoms with Gasteiger partial charge in [0.05, 0.1) is 28.1 Å². The first kappa shape index (κ1) is 75.5. The molecular weight excluding hydrogens is 1330 g/mol. The van der Waals surface area contributed by atoms with E-state index in [1.807, 2.05) is 12.3 Å². The summed E-state index contributed by atoms with van der Waals surface area (Å²) in [6.07, 6.45) is 37.2. The Morgan fingerprint density at radius 1 is 0.236 bits per heavy atom. The molecule has 0 aliphatic heterocycles. The van der Waals surface area contributed by atoms with Crippen LogP contribution in [0.2, 0.25) is 0 Å². The molecule has 10 aromatic carbocycles. The second-order valence-electron chi connectivity index (χ2n) is 32.6. The first-order valence-electron chi connectivity index (χ1n) is 42.7. The molecule has 3 aromatic heterocycles. The molecule has 13 aromatic rings. The van der Waals surface area contributed by atoms with E-state index in [1.165, 1.54) is 262 Å². The fourth-order valence-corrected chi connectivity index (χ4v) is 18.7. The molecule has 2 aliphatic carbocycles. The molecule has 15 rings (SSSR count). The molecule has 0 fully saturated rings. The Labute approximate surface area is 657 Å². The van der Waals surface area contributed by atoms with E-state index >= 15 is 0 Å². The SMILES string of the molecule is CCCCCCCCC1(CCCCCCCC)c2cc(C)ccc2-c2ccc(-c3cc(-c4ccc5c(c4)C(CCCCCCCC)(CCCCCCCC)c4cc(-c6cccc(-c7cc(-c8ccc(-c9ccc(C)cc9)cc8)nc(-c8ccccc8)n7)c6)ccc4-5)cc(-c4ccc5ccc6cccnc6c5n4)c3)cc21. The normalized spacial score (nSPS) is 13.1. The second kappa shape index (κ2) is 35.4. The summed E-state index contributed by atoms with van der Waals surface area (Å²) in [5.41, 5.74) is 32.9. The van der Waals surface area contributed by atoms with Gasteiger partial charge in [-0.15, -0.1) is 0 Å². The Morgan fingerprint density at radius 3 is 1.15 bits per heavy atom. The lowest BCUT2D eigenvalue weighted by Crippen LogP contribution is -2.25. The smallest absolute Gasteiger partial charge is 0.160 e. The average Bonchev–Trinajstić information content (AvgIpc) is 1.57. The Balaban J connectivity index is 0.857. The minimum absolute atomic E-state index is 0.0479. The van der Waals surface area contributed by atoms with Gasteiger partial charge in [0.2, 0.25) is 0 Å². The van der Waals surface area contributed by atoms with Crippen molar-refractivity contribution >= 4 is 21.8 Å². The van der Waals surface area contributed by atoms with Gasteiger partial charge in [0.25, 0.3) is 0 Å². The van der Waals surface area contributed by atoms with Gasteiger partial charge < -0.3 is 0 Å². The monoisotopic (exact) mass is 1440 g/mol. The number of unbranched alkanes of at least 4 members (excludes halogenated alkanes) is 20. The highest BCUT2D eigenvalue weighted by Crippen LogP contribution is 2.58. The van der Waals surface area contributed by atoms with Crippen molar-refractivity contribution < 1.29 is 0 Å². The average molecular weight is 1440 g/mol. The summed E-state index contributed by atoms with van der Waals surface area (Å²) >= 11 is 0. The van der Waals surface area contributed by atoms with Crippen LogP contribution in [-0.2, 0) is 10.8 Å². The molecular formula is C106H114N4. The van der Waals surface area contributed by atoms with Gasteiger partial charge in [-0.05, 0) is 189 Å². The summed E-state index contributed by atoms with van der Waals surface area (Å²) in [7, 11) is 0. The highest BCUT2D eigenvalue weighted by atomic mass is 14.9. The van der Waals surface area contributed by atoms with Crippen LogP contribution in [0.1, 0.15) is 241 Å². The Kier molecular flexibility index (Phi) is 24.3. The maximum absolute atomic E-state index is 5.64. The van der Waals surface area contributed by atoms with Gasteiger partial charge in [-0.25, -0.2) is 15.0 Å². The molecule has 558 valence electrons. The second-order valence-corrected chi connectivity index (χ2v) is 32.6. The summed E-state index contributed by atoms with van der Waals surface area (Å²) < 4.78 is 0. The van der Waals surface area contributed by atoms with Gasteiger partial charge in [0.1, 0.15) is 0 Å².